The third kappa shape index (κ3) is 5.02. The van der Waals surface area contributed by atoms with E-state index in [1.807, 2.05) is 25.9 Å². The third-order valence-electron chi connectivity index (χ3n) is 5.71. The highest BCUT2D eigenvalue weighted by molar-refractivity contribution is 6.46. The Labute approximate surface area is 200 Å². The molecule has 0 bridgehead atoms. The van der Waals surface area contributed by atoms with Crippen molar-refractivity contribution in [1.82, 2.24) is 9.80 Å². The van der Waals surface area contributed by atoms with Crippen LogP contribution in [0.1, 0.15) is 30.5 Å². The molecule has 1 amide bonds. The molecule has 0 saturated carbocycles. The number of carbonyl (C=O) groups excluding carboxylic acids is 2. The van der Waals surface area contributed by atoms with E-state index in [1.165, 1.54) is 19.1 Å². The van der Waals surface area contributed by atoms with Crippen molar-refractivity contribution in [3.8, 4) is 17.2 Å². The molecule has 34 heavy (non-hydrogen) atoms. The fourth-order valence-electron chi connectivity index (χ4n) is 4.15. The zero-order valence-corrected chi connectivity index (χ0v) is 20.3. The third-order valence-corrected chi connectivity index (χ3v) is 5.71. The molecule has 1 saturated heterocycles. The highest BCUT2D eigenvalue weighted by Crippen LogP contribution is 2.45. The molecule has 1 heterocycles. The van der Waals surface area contributed by atoms with Crippen molar-refractivity contribution in [1.29, 1.82) is 0 Å². The largest absolute Gasteiger partial charge is 0.507 e. The molecule has 3 rings (SSSR count). The molecule has 1 aliphatic heterocycles. The van der Waals surface area contributed by atoms with Crippen molar-refractivity contribution in [2.24, 2.45) is 0 Å². The number of likely N-dealkylation sites (tertiary alicyclic amines) is 1. The van der Waals surface area contributed by atoms with Gasteiger partial charge in [0.05, 0.1) is 32.4 Å². The van der Waals surface area contributed by atoms with Gasteiger partial charge >= 0.3 is 0 Å². The maximum absolute atomic E-state index is 13.2. The molecule has 1 aliphatic rings. The Hall–Kier alpha value is -3.52. The normalized spacial score (nSPS) is 17.4. The Bertz CT molecular complexity index is 1060. The van der Waals surface area contributed by atoms with E-state index in [4.69, 9.17) is 14.2 Å². The van der Waals surface area contributed by atoms with Gasteiger partial charge in [0.15, 0.2) is 11.5 Å². The summed E-state index contributed by atoms with van der Waals surface area (Å²) in [6.07, 6.45) is 0.659. The number of ketones is 1. The Balaban J connectivity index is 2.15. The number of hydrogen-bond acceptors (Lipinski definition) is 7. The highest BCUT2D eigenvalue weighted by Gasteiger charge is 2.47. The summed E-state index contributed by atoms with van der Waals surface area (Å²) in [7, 11) is 6.92. The molecule has 182 valence electrons. The predicted molar refractivity (Wildman–Crippen MR) is 129 cm³/mol. The summed E-state index contributed by atoms with van der Waals surface area (Å²) < 4.78 is 16.5. The van der Waals surface area contributed by atoms with E-state index in [1.54, 1.807) is 42.5 Å². The molecular formula is C26H32N2O6. The van der Waals surface area contributed by atoms with Gasteiger partial charge in [0.2, 0.25) is 0 Å². The standard InChI is InChI=1S/C26H32N2O6/c1-6-34-18-13-11-17(12-14-18)23(29)21-22(19-9-7-10-20(32-4)25(19)33-5)28(26(31)24(21)30)16-8-15-27(2)3/h7,9-14,22,29H,6,8,15-16H2,1-5H3/t22-/m1/s1. The first kappa shape index (κ1) is 25.1. The maximum atomic E-state index is 13.2. The van der Waals surface area contributed by atoms with Gasteiger partial charge in [-0.15, -0.1) is 0 Å². The molecule has 0 radical (unpaired) electrons. The molecule has 1 N–H and O–H groups in total. The Kier molecular flexibility index (Phi) is 8.17. The Morgan fingerprint density at radius 2 is 1.76 bits per heavy atom. The first-order chi connectivity index (χ1) is 16.3. The summed E-state index contributed by atoms with van der Waals surface area (Å²) in [4.78, 5) is 29.9. The number of aliphatic hydroxyl groups excluding tert-OH is 1. The van der Waals surface area contributed by atoms with E-state index >= 15 is 0 Å². The minimum absolute atomic E-state index is 0.0190. The van der Waals surface area contributed by atoms with Gasteiger partial charge in [-0.3, -0.25) is 9.59 Å². The number of aliphatic hydroxyl groups is 1. The topological polar surface area (TPSA) is 88.5 Å². The number of nitrogens with zero attached hydrogens (tertiary/aromatic N) is 2. The zero-order valence-electron chi connectivity index (χ0n) is 20.3. The van der Waals surface area contributed by atoms with E-state index in [0.717, 1.165) is 6.54 Å². The summed E-state index contributed by atoms with van der Waals surface area (Å²) in [6, 6.07) is 11.2. The van der Waals surface area contributed by atoms with Gasteiger partial charge in [-0.25, -0.2) is 0 Å². The van der Waals surface area contributed by atoms with E-state index in [9.17, 15) is 14.7 Å². The van der Waals surface area contributed by atoms with Crippen molar-refractivity contribution < 1.29 is 28.9 Å². The molecule has 0 unspecified atom stereocenters. The number of ether oxygens (including phenoxy) is 3. The Morgan fingerprint density at radius 1 is 1.06 bits per heavy atom. The number of amides is 1. The molecule has 8 heteroatoms. The Morgan fingerprint density at radius 3 is 2.35 bits per heavy atom. The molecule has 0 aliphatic carbocycles. The van der Waals surface area contributed by atoms with Crippen molar-refractivity contribution in [2.75, 3.05) is 48.0 Å². The average Bonchev–Trinajstić information content (AvgIpc) is 3.08. The van der Waals surface area contributed by atoms with Crippen LogP contribution in [0.3, 0.4) is 0 Å². The van der Waals surface area contributed by atoms with Crippen LogP contribution in [0.2, 0.25) is 0 Å². The molecule has 0 aromatic heterocycles. The average molecular weight is 469 g/mol. The molecule has 1 atom stereocenters. The molecule has 2 aromatic rings. The molecule has 2 aromatic carbocycles. The van der Waals surface area contributed by atoms with Gasteiger partial charge in [0, 0.05) is 17.7 Å². The minimum Gasteiger partial charge on any atom is -0.507 e. The number of benzene rings is 2. The summed E-state index contributed by atoms with van der Waals surface area (Å²) in [5.74, 6) is -0.0974. The first-order valence-corrected chi connectivity index (χ1v) is 11.2. The van der Waals surface area contributed by atoms with Gasteiger partial charge in [-0.2, -0.15) is 0 Å². The van der Waals surface area contributed by atoms with E-state index < -0.39 is 17.7 Å². The lowest BCUT2D eigenvalue weighted by atomic mass is 9.94. The van der Waals surface area contributed by atoms with Crippen LogP contribution in [0, 0.1) is 0 Å². The second-order valence-electron chi connectivity index (χ2n) is 8.19. The first-order valence-electron chi connectivity index (χ1n) is 11.2. The van der Waals surface area contributed by atoms with E-state index in [2.05, 4.69) is 0 Å². The van der Waals surface area contributed by atoms with Gasteiger partial charge in [-0.1, -0.05) is 12.1 Å². The van der Waals surface area contributed by atoms with Crippen LogP contribution in [0.5, 0.6) is 17.2 Å². The van der Waals surface area contributed by atoms with Gasteiger partial charge in [0.25, 0.3) is 11.7 Å². The molecule has 0 spiro atoms. The number of para-hydroxylation sites is 1. The van der Waals surface area contributed by atoms with Crippen LogP contribution in [0.4, 0.5) is 0 Å². The van der Waals surface area contributed by atoms with E-state index in [0.29, 0.717) is 47.9 Å². The zero-order chi connectivity index (χ0) is 24.8. The SMILES string of the molecule is CCOc1ccc(C(O)=C2C(=O)C(=O)N(CCCN(C)C)[C@@H]2c2cccc(OC)c2OC)cc1. The lowest BCUT2D eigenvalue weighted by molar-refractivity contribution is -0.140. The maximum Gasteiger partial charge on any atom is 0.295 e. The fraction of sp³-hybridized carbons (Fsp3) is 0.385. The molecular weight excluding hydrogens is 436 g/mol. The fourth-order valence-corrected chi connectivity index (χ4v) is 4.15. The lowest BCUT2D eigenvalue weighted by Crippen LogP contribution is -2.32. The van der Waals surface area contributed by atoms with Crippen LogP contribution in [-0.2, 0) is 9.59 Å². The summed E-state index contributed by atoms with van der Waals surface area (Å²) in [6.45, 7) is 3.48. The second kappa shape index (κ2) is 11.1. The lowest BCUT2D eigenvalue weighted by Gasteiger charge is -2.27. The van der Waals surface area contributed by atoms with Crippen molar-refractivity contribution >= 4 is 17.4 Å². The number of carbonyl (C=O) groups is 2. The predicted octanol–water partition coefficient (Wildman–Crippen LogP) is 3.48. The van der Waals surface area contributed by atoms with Crippen LogP contribution >= 0.6 is 0 Å². The number of rotatable bonds is 10. The van der Waals surface area contributed by atoms with Crippen molar-refractivity contribution in [2.45, 2.75) is 19.4 Å². The van der Waals surface area contributed by atoms with Crippen molar-refractivity contribution in [3.05, 3.63) is 59.2 Å². The van der Waals surface area contributed by atoms with Gasteiger partial charge in [-0.05, 0) is 64.3 Å². The van der Waals surface area contributed by atoms with E-state index in [-0.39, 0.29) is 11.3 Å². The van der Waals surface area contributed by atoms with Crippen molar-refractivity contribution in [3.63, 3.8) is 0 Å². The summed E-state index contributed by atoms with van der Waals surface area (Å²) >= 11 is 0. The monoisotopic (exact) mass is 468 g/mol. The smallest absolute Gasteiger partial charge is 0.295 e. The molecule has 8 nitrogen and oxygen atoms in total. The summed E-state index contributed by atoms with van der Waals surface area (Å²) in [5.41, 5.74) is 1.01. The highest BCUT2D eigenvalue weighted by atomic mass is 16.5. The number of Topliss-reactive ketones (excluding diaryl/α,β-unsaturated/α-hetero) is 1. The van der Waals surface area contributed by atoms with Crippen LogP contribution in [-0.4, -0.2) is 74.6 Å². The van der Waals surface area contributed by atoms with Crippen LogP contribution < -0.4 is 14.2 Å². The number of hydrogen-bond donors (Lipinski definition) is 1. The van der Waals surface area contributed by atoms with Crippen LogP contribution in [0.15, 0.2) is 48.0 Å². The minimum atomic E-state index is -0.821. The van der Waals surface area contributed by atoms with Gasteiger partial charge in [0.1, 0.15) is 11.5 Å². The second-order valence-corrected chi connectivity index (χ2v) is 8.19. The summed E-state index contributed by atoms with van der Waals surface area (Å²) in [5, 5.41) is 11.2. The number of methoxy groups -OCH3 is 2. The quantitative estimate of drug-likeness (QED) is 0.324. The molecule has 1 fully saturated rings. The van der Waals surface area contributed by atoms with Gasteiger partial charge < -0.3 is 29.1 Å². The van der Waals surface area contributed by atoms with Crippen LogP contribution in [0.25, 0.3) is 5.76 Å².